The first-order valence-corrected chi connectivity index (χ1v) is 7.47. The molecule has 0 fully saturated rings. The summed E-state index contributed by atoms with van der Waals surface area (Å²) in [5.41, 5.74) is 1.14. The molecule has 0 spiro atoms. The highest BCUT2D eigenvalue weighted by atomic mass is 35.5. The van der Waals surface area contributed by atoms with Crippen molar-refractivity contribution in [3.63, 3.8) is 0 Å². The predicted molar refractivity (Wildman–Crippen MR) is 75.7 cm³/mol. The van der Waals surface area contributed by atoms with Gasteiger partial charge in [-0.05, 0) is 36.6 Å². The van der Waals surface area contributed by atoms with Gasteiger partial charge in [-0.3, -0.25) is 0 Å². The predicted octanol–water partition coefficient (Wildman–Crippen LogP) is 4.40. The number of hydrogen-bond acceptors (Lipinski definition) is 2. The number of thiophene rings is 1. The van der Waals surface area contributed by atoms with Crippen LogP contribution in [0.25, 0.3) is 6.08 Å². The van der Waals surface area contributed by atoms with Gasteiger partial charge in [0.2, 0.25) is 0 Å². The van der Waals surface area contributed by atoms with Crippen molar-refractivity contribution < 1.29 is 4.21 Å². The Kier molecular flexibility index (Phi) is 4.15. The second-order valence-corrected chi connectivity index (χ2v) is 6.60. The molecule has 1 aromatic carbocycles. The molecule has 4 heteroatoms. The number of halogens is 1. The Bertz CT molecular complexity index is 541. The van der Waals surface area contributed by atoms with Crippen molar-refractivity contribution >= 4 is 39.8 Å². The summed E-state index contributed by atoms with van der Waals surface area (Å²) in [6, 6.07) is 11.4. The van der Waals surface area contributed by atoms with Gasteiger partial charge in [0.05, 0.1) is 10.8 Å². The minimum Gasteiger partial charge on any atom is -0.248 e. The molecule has 2 aromatic rings. The molecular weight excluding hydrogens is 272 g/mol. The number of aryl methyl sites for hydroxylation is 1. The number of rotatable bonds is 3. The Labute approximate surface area is 112 Å². The summed E-state index contributed by atoms with van der Waals surface area (Å²) in [5.74, 6) is 0. The van der Waals surface area contributed by atoms with Gasteiger partial charge in [0.25, 0.3) is 0 Å². The summed E-state index contributed by atoms with van der Waals surface area (Å²) in [6.07, 6.45) is 1.75. The molecule has 1 unspecified atom stereocenters. The molecule has 17 heavy (non-hydrogen) atoms. The first-order valence-electron chi connectivity index (χ1n) is 5.06. The Morgan fingerprint density at radius 1 is 1.29 bits per heavy atom. The molecule has 0 N–H and O–H groups in total. The van der Waals surface area contributed by atoms with Gasteiger partial charge >= 0.3 is 0 Å². The largest absolute Gasteiger partial charge is 0.248 e. The standard InChI is InChI=1S/C13H11ClOS2/c1-10-4-6-12(7-5-10)17(15)13(14)9-11-3-2-8-16-11/h2-9H,1H3/b13-9-. The Morgan fingerprint density at radius 2 is 2.00 bits per heavy atom. The van der Waals surface area contributed by atoms with Crippen LogP contribution >= 0.6 is 22.9 Å². The van der Waals surface area contributed by atoms with E-state index in [0.29, 0.717) is 4.36 Å². The fourth-order valence-corrected chi connectivity index (χ4v) is 3.34. The minimum absolute atomic E-state index is 0.358. The summed E-state index contributed by atoms with van der Waals surface area (Å²) in [7, 11) is -1.29. The molecule has 0 aliphatic rings. The van der Waals surface area contributed by atoms with Gasteiger partial charge in [-0.2, -0.15) is 0 Å². The maximum absolute atomic E-state index is 12.1. The fraction of sp³-hybridized carbons (Fsp3) is 0.0769. The molecule has 0 aliphatic heterocycles. The van der Waals surface area contributed by atoms with Crippen molar-refractivity contribution in [2.75, 3.05) is 0 Å². The van der Waals surface area contributed by atoms with Crippen LogP contribution in [0.15, 0.2) is 51.0 Å². The van der Waals surface area contributed by atoms with Gasteiger partial charge in [-0.15, -0.1) is 11.3 Å². The highest BCUT2D eigenvalue weighted by Gasteiger charge is 2.08. The van der Waals surface area contributed by atoms with E-state index in [0.717, 1.165) is 15.3 Å². The van der Waals surface area contributed by atoms with Crippen LogP contribution in [-0.2, 0) is 10.8 Å². The van der Waals surface area contributed by atoms with Crippen LogP contribution in [0, 0.1) is 6.92 Å². The van der Waals surface area contributed by atoms with E-state index in [1.807, 2.05) is 48.7 Å². The van der Waals surface area contributed by atoms with Crippen molar-refractivity contribution in [3.05, 3.63) is 56.6 Å². The van der Waals surface area contributed by atoms with Gasteiger partial charge in [0.15, 0.2) is 0 Å². The normalized spacial score (nSPS) is 13.6. The van der Waals surface area contributed by atoms with Gasteiger partial charge in [0.1, 0.15) is 4.36 Å². The molecular formula is C13H11ClOS2. The zero-order valence-electron chi connectivity index (χ0n) is 9.22. The quantitative estimate of drug-likeness (QED) is 0.815. The van der Waals surface area contributed by atoms with Crippen molar-refractivity contribution in [1.29, 1.82) is 0 Å². The molecule has 0 amide bonds. The van der Waals surface area contributed by atoms with E-state index in [2.05, 4.69) is 0 Å². The lowest BCUT2D eigenvalue weighted by Gasteiger charge is -2.00. The van der Waals surface area contributed by atoms with Crippen LogP contribution in [0.1, 0.15) is 10.4 Å². The fourth-order valence-electron chi connectivity index (χ4n) is 1.31. The molecule has 1 heterocycles. The van der Waals surface area contributed by atoms with E-state index in [9.17, 15) is 4.21 Å². The summed E-state index contributed by atoms with van der Waals surface area (Å²) >= 11 is 7.64. The molecule has 0 saturated heterocycles. The zero-order valence-corrected chi connectivity index (χ0v) is 11.6. The number of benzene rings is 1. The highest BCUT2D eigenvalue weighted by molar-refractivity contribution is 7.91. The molecule has 0 saturated carbocycles. The SMILES string of the molecule is Cc1ccc(S(=O)/C(Cl)=C\c2cccs2)cc1. The molecule has 0 aliphatic carbocycles. The topological polar surface area (TPSA) is 17.1 Å². The monoisotopic (exact) mass is 282 g/mol. The minimum atomic E-state index is -1.29. The van der Waals surface area contributed by atoms with Crippen molar-refractivity contribution in [3.8, 4) is 0 Å². The third-order valence-corrected chi connectivity index (χ3v) is 4.73. The highest BCUT2D eigenvalue weighted by Crippen LogP contribution is 2.22. The molecule has 0 bridgehead atoms. The lowest BCUT2D eigenvalue weighted by molar-refractivity contribution is 0.688. The molecule has 1 aromatic heterocycles. The van der Waals surface area contributed by atoms with E-state index < -0.39 is 10.8 Å². The lowest BCUT2D eigenvalue weighted by Crippen LogP contribution is -1.90. The van der Waals surface area contributed by atoms with E-state index >= 15 is 0 Å². The zero-order chi connectivity index (χ0) is 12.3. The van der Waals surface area contributed by atoms with Crippen molar-refractivity contribution in [2.45, 2.75) is 11.8 Å². The summed E-state index contributed by atoms with van der Waals surface area (Å²) in [6.45, 7) is 2.00. The average molecular weight is 283 g/mol. The third-order valence-electron chi connectivity index (χ3n) is 2.21. The third kappa shape index (κ3) is 3.28. The van der Waals surface area contributed by atoms with Crippen molar-refractivity contribution in [1.82, 2.24) is 0 Å². The van der Waals surface area contributed by atoms with Gasteiger partial charge in [-0.1, -0.05) is 35.4 Å². The second-order valence-electron chi connectivity index (χ2n) is 3.55. The Hall–Kier alpha value is -0.900. The molecule has 2 rings (SSSR count). The van der Waals surface area contributed by atoms with Gasteiger partial charge in [-0.25, -0.2) is 4.21 Å². The smallest absolute Gasteiger partial charge is 0.111 e. The van der Waals surface area contributed by atoms with Crippen LogP contribution in [0.4, 0.5) is 0 Å². The first-order chi connectivity index (χ1) is 8.16. The Balaban J connectivity index is 2.23. The van der Waals surface area contributed by atoms with Gasteiger partial charge < -0.3 is 0 Å². The summed E-state index contributed by atoms with van der Waals surface area (Å²) < 4.78 is 12.5. The Morgan fingerprint density at radius 3 is 2.59 bits per heavy atom. The van der Waals surface area contributed by atoms with E-state index in [4.69, 9.17) is 11.6 Å². The van der Waals surface area contributed by atoms with Crippen LogP contribution in [0.5, 0.6) is 0 Å². The first kappa shape index (κ1) is 12.6. The van der Waals surface area contributed by atoms with E-state index in [1.165, 1.54) is 0 Å². The molecule has 1 atom stereocenters. The van der Waals surface area contributed by atoms with E-state index in [-0.39, 0.29) is 0 Å². The lowest BCUT2D eigenvalue weighted by atomic mass is 10.2. The molecule has 88 valence electrons. The van der Waals surface area contributed by atoms with Crippen molar-refractivity contribution in [2.24, 2.45) is 0 Å². The summed E-state index contributed by atoms with van der Waals surface area (Å²) in [4.78, 5) is 1.74. The van der Waals surface area contributed by atoms with Crippen LogP contribution < -0.4 is 0 Å². The number of hydrogen-bond donors (Lipinski definition) is 0. The van der Waals surface area contributed by atoms with E-state index in [1.54, 1.807) is 17.4 Å². The molecule has 0 radical (unpaired) electrons. The average Bonchev–Trinajstić information content (AvgIpc) is 2.82. The molecule has 1 nitrogen and oxygen atoms in total. The van der Waals surface area contributed by atoms with Gasteiger partial charge in [0, 0.05) is 9.77 Å². The summed E-state index contributed by atoms with van der Waals surface area (Å²) in [5, 5.41) is 1.96. The maximum atomic E-state index is 12.1. The second kappa shape index (κ2) is 5.63. The van der Waals surface area contributed by atoms with Crippen LogP contribution in [0.2, 0.25) is 0 Å². The maximum Gasteiger partial charge on any atom is 0.111 e. The van der Waals surface area contributed by atoms with Crippen LogP contribution in [-0.4, -0.2) is 4.21 Å². The van der Waals surface area contributed by atoms with Crippen LogP contribution in [0.3, 0.4) is 0 Å².